The maximum Gasteiger partial charge on any atom is 0.317 e. The van der Waals surface area contributed by atoms with Crippen molar-refractivity contribution in [3.05, 3.63) is 53.0 Å². The van der Waals surface area contributed by atoms with Crippen molar-refractivity contribution in [1.82, 2.24) is 15.2 Å². The number of methoxy groups -OCH3 is 1. The summed E-state index contributed by atoms with van der Waals surface area (Å²) in [7, 11) is 1.68. The van der Waals surface area contributed by atoms with E-state index in [-0.39, 0.29) is 18.1 Å². The number of amides is 2. The summed E-state index contributed by atoms with van der Waals surface area (Å²) in [6, 6.07) is 14.2. The molecule has 5 rings (SSSR count). The highest BCUT2D eigenvalue weighted by Crippen LogP contribution is 2.35. The van der Waals surface area contributed by atoms with Gasteiger partial charge in [0.15, 0.2) is 11.5 Å². The van der Waals surface area contributed by atoms with Crippen LogP contribution in [0.3, 0.4) is 0 Å². The van der Waals surface area contributed by atoms with Gasteiger partial charge in [0.05, 0.1) is 30.0 Å². The van der Waals surface area contributed by atoms with Crippen LogP contribution < -0.4 is 14.8 Å². The van der Waals surface area contributed by atoms with E-state index in [1.165, 1.54) is 12.8 Å². The molecule has 0 bridgehead atoms. The van der Waals surface area contributed by atoms with Crippen molar-refractivity contribution in [3.8, 4) is 11.5 Å². The Hall–Kier alpha value is -2.80. The van der Waals surface area contributed by atoms with Crippen LogP contribution in [0.5, 0.6) is 11.5 Å². The number of hydrogen-bond acceptors (Lipinski definition) is 5. The number of nitrogens with zero attached hydrogens (tertiary/aromatic N) is 2. The van der Waals surface area contributed by atoms with E-state index < -0.39 is 0 Å². The Morgan fingerprint density at radius 2 is 2.00 bits per heavy atom. The van der Waals surface area contributed by atoms with Crippen molar-refractivity contribution >= 4 is 27.6 Å². The Labute approximate surface area is 186 Å². The average molecular weight is 438 g/mol. The van der Waals surface area contributed by atoms with Crippen molar-refractivity contribution in [3.63, 3.8) is 0 Å². The summed E-state index contributed by atoms with van der Waals surface area (Å²) in [4.78, 5) is 19.1. The summed E-state index contributed by atoms with van der Waals surface area (Å²) < 4.78 is 13.0. The molecule has 1 atom stereocenters. The number of ether oxygens (including phenoxy) is 2. The summed E-state index contributed by atoms with van der Waals surface area (Å²) in [5.74, 6) is 1.76. The number of hydrogen-bond donors (Lipinski definition) is 1. The lowest BCUT2D eigenvalue weighted by Crippen LogP contribution is -2.49. The molecule has 2 amide bonds. The fourth-order valence-electron chi connectivity index (χ4n) is 4.47. The largest absolute Gasteiger partial charge is 0.493 e. The summed E-state index contributed by atoms with van der Waals surface area (Å²) in [5, 5.41) is 4.00. The van der Waals surface area contributed by atoms with Crippen molar-refractivity contribution < 1.29 is 14.3 Å². The molecule has 2 aromatic carbocycles. The molecule has 1 unspecified atom stereocenters. The Bertz CT molecular complexity index is 1040. The van der Waals surface area contributed by atoms with Gasteiger partial charge in [-0.25, -0.2) is 9.78 Å². The highest BCUT2D eigenvalue weighted by atomic mass is 32.1. The second kappa shape index (κ2) is 8.75. The van der Waals surface area contributed by atoms with E-state index in [4.69, 9.17) is 14.5 Å². The third-order valence-corrected chi connectivity index (χ3v) is 7.17. The topological polar surface area (TPSA) is 63.7 Å². The average Bonchev–Trinajstić information content (AvgIpc) is 3.44. The normalized spacial score (nSPS) is 19.6. The lowest BCUT2D eigenvalue weighted by atomic mass is 9.96. The summed E-state index contributed by atoms with van der Waals surface area (Å²) in [6.45, 7) is 1.78. The molecule has 2 heterocycles. The zero-order valence-corrected chi connectivity index (χ0v) is 18.5. The van der Waals surface area contributed by atoms with Crippen molar-refractivity contribution in [2.24, 2.45) is 0 Å². The molecule has 3 aromatic rings. The number of para-hydroxylation sites is 1. The maximum atomic E-state index is 12.5. The molecule has 2 fully saturated rings. The zero-order chi connectivity index (χ0) is 21.2. The molecule has 1 aliphatic carbocycles. The molecule has 0 spiro atoms. The number of fused-ring (bicyclic) bond motifs is 1. The van der Waals surface area contributed by atoms with Crippen LogP contribution >= 0.6 is 11.3 Å². The molecule has 1 N–H and O–H groups in total. The van der Waals surface area contributed by atoms with Crippen LogP contribution in [0.25, 0.3) is 10.2 Å². The van der Waals surface area contributed by atoms with E-state index in [0.29, 0.717) is 19.6 Å². The number of nitrogens with one attached hydrogen (secondary N) is 1. The van der Waals surface area contributed by atoms with Gasteiger partial charge in [-0.05, 0) is 55.5 Å². The van der Waals surface area contributed by atoms with Gasteiger partial charge in [0.25, 0.3) is 0 Å². The van der Waals surface area contributed by atoms with Gasteiger partial charge in [-0.2, -0.15) is 0 Å². The molecule has 1 aliphatic heterocycles. The number of rotatable bonds is 6. The van der Waals surface area contributed by atoms with E-state index in [9.17, 15) is 4.79 Å². The van der Waals surface area contributed by atoms with Crippen LogP contribution in [-0.2, 0) is 6.54 Å². The Balaban J connectivity index is 1.33. The predicted octanol–water partition coefficient (Wildman–Crippen LogP) is 4.94. The Morgan fingerprint density at radius 1 is 1.16 bits per heavy atom. The maximum absolute atomic E-state index is 12.5. The fraction of sp³-hybridized carbons (Fsp3) is 0.417. The van der Waals surface area contributed by atoms with Crippen LogP contribution in [0, 0.1) is 0 Å². The third kappa shape index (κ3) is 4.32. The predicted molar refractivity (Wildman–Crippen MR) is 122 cm³/mol. The number of urea groups is 1. The van der Waals surface area contributed by atoms with Gasteiger partial charge in [-0.15, -0.1) is 11.3 Å². The minimum absolute atomic E-state index is 0.0357. The first-order valence-electron chi connectivity index (χ1n) is 10.9. The summed E-state index contributed by atoms with van der Waals surface area (Å²) >= 11 is 1.65. The van der Waals surface area contributed by atoms with E-state index in [1.807, 2.05) is 29.2 Å². The lowest BCUT2D eigenvalue weighted by Gasteiger charge is -2.33. The zero-order valence-electron chi connectivity index (χ0n) is 17.7. The molecule has 0 radical (unpaired) electrons. The van der Waals surface area contributed by atoms with E-state index in [0.717, 1.165) is 45.1 Å². The van der Waals surface area contributed by atoms with Crippen LogP contribution in [0.2, 0.25) is 0 Å². The van der Waals surface area contributed by atoms with Gasteiger partial charge in [0.2, 0.25) is 0 Å². The first kappa shape index (κ1) is 20.1. The molecule has 1 saturated carbocycles. The van der Waals surface area contributed by atoms with Gasteiger partial charge in [0.1, 0.15) is 5.01 Å². The molecule has 6 nitrogen and oxygen atoms in total. The summed E-state index contributed by atoms with van der Waals surface area (Å²) in [6.07, 6.45) is 4.92. The van der Waals surface area contributed by atoms with E-state index >= 15 is 0 Å². The fourth-order valence-corrected chi connectivity index (χ4v) is 5.45. The smallest absolute Gasteiger partial charge is 0.317 e. The van der Waals surface area contributed by atoms with Gasteiger partial charge in [-0.3, -0.25) is 0 Å². The van der Waals surface area contributed by atoms with Gasteiger partial charge in [0, 0.05) is 19.0 Å². The van der Waals surface area contributed by atoms with Crippen molar-refractivity contribution in [1.29, 1.82) is 0 Å². The Morgan fingerprint density at radius 3 is 2.81 bits per heavy atom. The molecule has 7 heteroatoms. The van der Waals surface area contributed by atoms with Crippen LogP contribution in [0.4, 0.5) is 4.79 Å². The quantitative estimate of drug-likeness (QED) is 0.594. The first-order valence-corrected chi connectivity index (χ1v) is 11.7. The number of carbonyl (C=O) groups excluding carboxylic acids is 1. The molecule has 1 saturated heterocycles. The molecule has 162 valence electrons. The van der Waals surface area contributed by atoms with Crippen molar-refractivity contribution in [2.45, 2.75) is 44.2 Å². The van der Waals surface area contributed by atoms with Crippen molar-refractivity contribution in [2.75, 3.05) is 20.2 Å². The first-order chi connectivity index (χ1) is 15.2. The highest BCUT2D eigenvalue weighted by Gasteiger charge is 2.28. The SMILES string of the molecule is COc1ccc(C2CNC(=O)N(Cc3nc4ccccc4s3)C2)cc1OC1CCCC1. The number of carbonyl (C=O) groups is 1. The van der Waals surface area contributed by atoms with Crippen LogP contribution in [-0.4, -0.2) is 42.2 Å². The van der Waals surface area contributed by atoms with E-state index in [2.05, 4.69) is 23.5 Å². The second-order valence-corrected chi connectivity index (χ2v) is 9.39. The second-order valence-electron chi connectivity index (χ2n) is 8.27. The van der Waals surface area contributed by atoms with Gasteiger partial charge in [-0.1, -0.05) is 18.2 Å². The van der Waals surface area contributed by atoms with E-state index in [1.54, 1.807) is 18.4 Å². The summed E-state index contributed by atoms with van der Waals surface area (Å²) in [5.41, 5.74) is 2.14. The molecular formula is C24H27N3O3S. The monoisotopic (exact) mass is 437 g/mol. The minimum atomic E-state index is -0.0357. The number of thiazole rings is 1. The third-order valence-electron chi connectivity index (χ3n) is 6.15. The minimum Gasteiger partial charge on any atom is -0.493 e. The van der Waals surface area contributed by atoms with Crippen LogP contribution in [0.1, 0.15) is 42.2 Å². The molecule has 2 aliphatic rings. The molecule has 31 heavy (non-hydrogen) atoms. The molecule has 1 aromatic heterocycles. The van der Waals surface area contributed by atoms with Gasteiger partial charge < -0.3 is 19.7 Å². The standard InChI is InChI=1S/C24H27N3O3S/c1-29-20-11-10-16(12-21(20)30-18-6-2-3-7-18)17-13-25-24(28)27(14-17)15-23-26-19-8-4-5-9-22(19)31-23/h4-5,8-12,17-18H,2-3,6-7,13-15H2,1H3,(H,25,28). The number of benzene rings is 2. The highest BCUT2D eigenvalue weighted by molar-refractivity contribution is 7.18. The number of aromatic nitrogens is 1. The molecular weight excluding hydrogens is 410 g/mol. The van der Waals surface area contributed by atoms with Gasteiger partial charge >= 0.3 is 6.03 Å². The van der Waals surface area contributed by atoms with Crippen LogP contribution in [0.15, 0.2) is 42.5 Å². The Kier molecular flexibility index (Phi) is 5.68. The lowest BCUT2D eigenvalue weighted by molar-refractivity contribution is 0.176.